The van der Waals surface area contributed by atoms with Gasteiger partial charge >= 0.3 is 5.97 Å². The largest absolute Gasteiger partial charge is 0.457 e. The molecule has 4 nitrogen and oxygen atoms in total. The quantitative estimate of drug-likeness (QED) is 0.851. The van der Waals surface area contributed by atoms with E-state index in [1.807, 2.05) is 0 Å². The van der Waals surface area contributed by atoms with Crippen molar-refractivity contribution >= 4 is 23.5 Å². The summed E-state index contributed by atoms with van der Waals surface area (Å²) in [4.78, 5) is 22.8. The standard InChI is InChI=1S/C17H15ClFNO3/c1-11(21)20-9-12-5-7-13(8-6-12)17(22)23-10-14-15(18)3-2-4-16(14)19/h2-8H,9-10H2,1H3,(H,20,21). The first kappa shape index (κ1) is 17.0. The zero-order chi connectivity index (χ0) is 16.8. The summed E-state index contributed by atoms with van der Waals surface area (Å²) in [6.45, 7) is 1.58. The van der Waals surface area contributed by atoms with Gasteiger partial charge in [0, 0.05) is 19.0 Å². The Hall–Kier alpha value is -2.40. The molecule has 0 saturated carbocycles. The lowest BCUT2D eigenvalue weighted by atomic mass is 10.1. The summed E-state index contributed by atoms with van der Waals surface area (Å²) >= 11 is 5.87. The number of carbonyl (C=O) groups excluding carboxylic acids is 2. The third-order valence-electron chi connectivity index (χ3n) is 3.14. The number of amides is 1. The molecule has 23 heavy (non-hydrogen) atoms. The Labute approximate surface area is 138 Å². The van der Waals surface area contributed by atoms with Gasteiger partial charge in [0.25, 0.3) is 0 Å². The summed E-state index contributed by atoms with van der Waals surface area (Å²) in [5, 5.41) is 2.87. The van der Waals surface area contributed by atoms with Crippen molar-refractivity contribution in [2.24, 2.45) is 0 Å². The fourth-order valence-corrected chi connectivity index (χ4v) is 2.09. The molecule has 2 aromatic rings. The topological polar surface area (TPSA) is 55.4 Å². The summed E-state index contributed by atoms with van der Waals surface area (Å²) in [6.07, 6.45) is 0. The molecular weight excluding hydrogens is 321 g/mol. The van der Waals surface area contributed by atoms with Crippen molar-refractivity contribution < 1.29 is 18.7 Å². The molecule has 2 rings (SSSR count). The van der Waals surface area contributed by atoms with Crippen molar-refractivity contribution in [1.82, 2.24) is 5.32 Å². The number of benzene rings is 2. The molecule has 0 saturated heterocycles. The summed E-state index contributed by atoms with van der Waals surface area (Å²) in [7, 11) is 0. The molecule has 2 aromatic carbocycles. The molecule has 0 bridgehead atoms. The maximum absolute atomic E-state index is 13.6. The van der Waals surface area contributed by atoms with Gasteiger partial charge in [-0.25, -0.2) is 9.18 Å². The number of nitrogens with one attached hydrogen (secondary N) is 1. The molecule has 1 N–H and O–H groups in total. The van der Waals surface area contributed by atoms with Crippen molar-refractivity contribution in [2.75, 3.05) is 0 Å². The Balaban J connectivity index is 1.97. The van der Waals surface area contributed by atoms with Gasteiger partial charge in [-0.05, 0) is 29.8 Å². The van der Waals surface area contributed by atoms with E-state index >= 15 is 0 Å². The van der Waals surface area contributed by atoms with Crippen LogP contribution < -0.4 is 5.32 Å². The van der Waals surface area contributed by atoms with Gasteiger partial charge in [0.1, 0.15) is 12.4 Å². The first-order valence-electron chi connectivity index (χ1n) is 6.91. The van der Waals surface area contributed by atoms with Crippen LogP contribution in [0.5, 0.6) is 0 Å². The zero-order valence-electron chi connectivity index (χ0n) is 12.4. The number of ether oxygens (including phenoxy) is 1. The van der Waals surface area contributed by atoms with Gasteiger partial charge in [0.05, 0.1) is 10.6 Å². The van der Waals surface area contributed by atoms with Gasteiger partial charge in [0.15, 0.2) is 0 Å². The Morgan fingerprint density at radius 1 is 1.17 bits per heavy atom. The van der Waals surface area contributed by atoms with Gasteiger partial charge in [-0.15, -0.1) is 0 Å². The lowest BCUT2D eigenvalue weighted by molar-refractivity contribution is -0.119. The Morgan fingerprint density at radius 2 is 1.87 bits per heavy atom. The van der Waals surface area contributed by atoms with Crippen LogP contribution in [-0.4, -0.2) is 11.9 Å². The van der Waals surface area contributed by atoms with Crippen LogP contribution >= 0.6 is 11.6 Å². The van der Waals surface area contributed by atoms with Crippen molar-refractivity contribution in [3.8, 4) is 0 Å². The van der Waals surface area contributed by atoms with E-state index in [2.05, 4.69) is 5.32 Å². The first-order chi connectivity index (χ1) is 11.0. The Bertz CT molecular complexity index is 696. The molecule has 6 heteroatoms. The molecular formula is C17H15ClFNO3. The highest BCUT2D eigenvalue weighted by atomic mass is 35.5. The molecule has 0 aliphatic heterocycles. The van der Waals surface area contributed by atoms with Crippen LogP contribution in [0.4, 0.5) is 4.39 Å². The molecule has 0 unspecified atom stereocenters. The molecule has 0 heterocycles. The smallest absolute Gasteiger partial charge is 0.338 e. The van der Waals surface area contributed by atoms with E-state index in [0.29, 0.717) is 12.1 Å². The van der Waals surface area contributed by atoms with Crippen LogP contribution in [0.3, 0.4) is 0 Å². The van der Waals surface area contributed by atoms with Gasteiger partial charge in [0.2, 0.25) is 5.91 Å². The number of hydrogen-bond donors (Lipinski definition) is 1. The summed E-state index contributed by atoms with van der Waals surface area (Å²) in [5.74, 6) is -1.22. The van der Waals surface area contributed by atoms with Gasteiger partial charge in [-0.1, -0.05) is 29.8 Å². The Kier molecular flexibility index (Phi) is 5.71. The van der Waals surface area contributed by atoms with Crippen LogP contribution in [-0.2, 0) is 22.7 Å². The fraction of sp³-hybridized carbons (Fsp3) is 0.176. The predicted molar refractivity (Wildman–Crippen MR) is 84.5 cm³/mol. The van der Waals surface area contributed by atoms with Gasteiger partial charge < -0.3 is 10.1 Å². The van der Waals surface area contributed by atoms with Crippen LogP contribution in [0.1, 0.15) is 28.4 Å². The van der Waals surface area contributed by atoms with E-state index in [-0.39, 0.29) is 23.1 Å². The van der Waals surface area contributed by atoms with Crippen LogP contribution in [0.25, 0.3) is 0 Å². The summed E-state index contributed by atoms with van der Waals surface area (Å²) < 4.78 is 18.7. The van der Waals surface area contributed by atoms with Crippen molar-refractivity contribution in [3.63, 3.8) is 0 Å². The highest BCUT2D eigenvalue weighted by Crippen LogP contribution is 2.20. The summed E-state index contributed by atoms with van der Waals surface area (Å²) in [5.41, 5.74) is 1.34. The SMILES string of the molecule is CC(=O)NCc1ccc(C(=O)OCc2c(F)cccc2Cl)cc1. The van der Waals surface area contributed by atoms with Gasteiger partial charge in [-0.3, -0.25) is 4.79 Å². The van der Waals surface area contributed by atoms with Crippen molar-refractivity contribution in [1.29, 1.82) is 0 Å². The van der Waals surface area contributed by atoms with E-state index in [1.165, 1.54) is 25.1 Å². The van der Waals surface area contributed by atoms with Gasteiger partial charge in [-0.2, -0.15) is 0 Å². The maximum Gasteiger partial charge on any atom is 0.338 e. The molecule has 0 fully saturated rings. The highest BCUT2D eigenvalue weighted by molar-refractivity contribution is 6.31. The van der Waals surface area contributed by atoms with E-state index < -0.39 is 11.8 Å². The highest BCUT2D eigenvalue weighted by Gasteiger charge is 2.12. The third-order valence-corrected chi connectivity index (χ3v) is 3.49. The Morgan fingerprint density at radius 3 is 2.48 bits per heavy atom. The molecule has 0 atom stereocenters. The normalized spacial score (nSPS) is 10.2. The number of hydrogen-bond acceptors (Lipinski definition) is 3. The van der Waals surface area contributed by atoms with Crippen LogP contribution in [0.15, 0.2) is 42.5 Å². The number of rotatable bonds is 5. The van der Waals surface area contributed by atoms with E-state index in [4.69, 9.17) is 16.3 Å². The van der Waals surface area contributed by atoms with E-state index in [1.54, 1.807) is 24.3 Å². The average molecular weight is 336 g/mol. The lowest BCUT2D eigenvalue weighted by Gasteiger charge is -2.08. The molecule has 0 aromatic heterocycles. The molecule has 0 radical (unpaired) electrons. The minimum atomic E-state index is -0.574. The maximum atomic E-state index is 13.6. The second-order valence-electron chi connectivity index (χ2n) is 4.88. The fourth-order valence-electron chi connectivity index (χ4n) is 1.88. The van der Waals surface area contributed by atoms with E-state index in [9.17, 15) is 14.0 Å². The second-order valence-corrected chi connectivity index (χ2v) is 5.29. The van der Waals surface area contributed by atoms with Crippen LogP contribution in [0.2, 0.25) is 5.02 Å². The molecule has 0 aliphatic rings. The van der Waals surface area contributed by atoms with Crippen molar-refractivity contribution in [3.05, 3.63) is 70.0 Å². The first-order valence-corrected chi connectivity index (χ1v) is 7.28. The molecule has 1 amide bonds. The van der Waals surface area contributed by atoms with E-state index in [0.717, 1.165) is 5.56 Å². The third kappa shape index (κ3) is 4.79. The lowest BCUT2D eigenvalue weighted by Crippen LogP contribution is -2.18. The number of esters is 1. The average Bonchev–Trinajstić information content (AvgIpc) is 2.52. The molecule has 0 aliphatic carbocycles. The predicted octanol–water partition coefficient (Wildman–Crippen LogP) is 3.47. The molecule has 120 valence electrons. The second kappa shape index (κ2) is 7.74. The van der Waals surface area contributed by atoms with Crippen molar-refractivity contribution in [2.45, 2.75) is 20.1 Å². The molecule has 0 spiro atoms. The minimum absolute atomic E-state index is 0.129. The minimum Gasteiger partial charge on any atom is -0.457 e. The number of carbonyl (C=O) groups is 2. The monoisotopic (exact) mass is 335 g/mol. The summed E-state index contributed by atoms with van der Waals surface area (Å²) in [6, 6.07) is 10.9. The number of halogens is 2. The zero-order valence-corrected chi connectivity index (χ0v) is 13.2. The van der Waals surface area contributed by atoms with Crippen LogP contribution in [0, 0.1) is 5.82 Å².